The number of ether oxygens (including phenoxy) is 2. The number of benzene rings is 1. The molecular weight excluding hydrogens is 230 g/mol. The highest BCUT2D eigenvalue weighted by Crippen LogP contribution is 2.32. The van der Waals surface area contributed by atoms with Crippen LogP contribution in [-0.2, 0) is 5.54 Å². The van der Waals surface area contributed by atoms with Crippen molar-refractivity contribution in [2.75, 3.05) is 20.8 Å². The second kappa shape index (κ2) is 6.07. The minimum Gasteiger partial charge on any atom is -0.493 e. The Bertz CT molecular complexity index is 393. The van der Waals surface area contributed by atoms with E-state index < -0.39 is 5.54 Å². The Morgan fingerprint density at radius 1 is 1.22 bits per heavy atom. The normalized spacial score (nSPS) is 14.4. The molecule has 4 heteroatoms. The number of hydrogen-bond acceptors (Lipinski definition) is 4. The van der Waals surface area contributed by atoms with Crippen molar-refractivity contribution in [3.8, 4) is 11.5 Å². The molecule has 1 atom stereocenters. The standard InChI is InChI=1S/C14H23NO3/c1-10(2)15-14(3,9-16)11-6-7-12(17-4)13(8-11)18-5/h6-8,10,15-16H,9H2,1-5H3. The molecule has 0 radical (unpaired) electrons. The van der Waals surface area contributed by atoms with Gasteiger partial charge in [-0.1, -0.05) is 6.07 Å². The Labute approximate surface area is 109 Å². The molecule has 0 heterocycles. The van der Waals surface area contributed by atoms with E-state index >= 15 is 0 Å². The van der Waals surface area contributed by atoms with Crippen LogP contribution in [0, 0.1) is 0 Å². The van der Waals surface area contributed by atoms with E-state index in [9.17, 15) is 5.11 Å². The maximum atomic E-state index is 9.64. The summed E-state index contributed by atoms with van der Waals surface area (Å²) in [7, 11) is 3.21. The highest BCUT2D eigenvalue weighted by molar-refractivity contribution is 5.45. The summed E-state index contributed by atoms with van der Waals surface area (Å²) in [6.07, 6.45) is 0. The summed E-state index contributed by atoms with van der Waals surface area (Å²) in [6, 6.07) is 5.96. The Hall–Kier alpha value is -1.26. The molecule has 0 fully saturated rings. The van der Waals surface area contributed by atoms with E-state index in [0.29, 0.717) is 11.5 Å². The first-order chi connectivity index (χ1) is 8.46. The van der Waals surface area contributed by atoms with Crippen molar-refractivity contribution in [2.24, 2.45) is 0 Å². The number of aliphatic hydroxyl groups excluding tert-OH is 1. The lowest BCUT2D eigenvalue weighted by Gasteiger charge is -2.32. The summed E-state index contributed by atoms with van der Waals surface area (Å²) >= 11 is 0. The van der Waals surface area contributed by atoms with Gasteiger partial charge in [0.25, 0.3) is 0 Å². The highest BCUT2D eigenvalue weighted by atomic mass is 16.5. The van der Waals surface area contributed by atoms with Crippen molar-refractivity contribution >= 4 is 0 Å². The average Bonchev–Trinajstić information content (AvgIpc) is 2.36. The molecule has 2 N–H and O–H groups in total. The molecule has 0 aliphatic carbocycles. The van der Waals surface area contributed by atoms with Gasteiger partial charge in [-0.05, 0) is 38.5 Å². The second-order valence-corrected chi connectivity index (χ2v) is 4.86. The van der Waals surface area contributed by atoms with Crippen LogP contribution in [0.4, 0.5) is 0 Å². The van der Waals surface area contributed by atoms with Crippen LogP contribution in [0.2, 0.25) is 0 Å². The van der Waals surface area contributed by atoms with E-state index in [1.807, 2.05) is 25.1 Å². The van der Waals surface area contributed by atoms with E-state index in [2.05, 4.69) is 19.2 Å². The largest absolute Gasteiger partial charge is 0.493 e. The molecule has 1 unspecified atom stereocenters. The lowest BCUT2D eigenvalue weighted by Crippen LogP contribution is -2.46. The van der Waals surface area contributed by atoms with Gasteiger partial charge in [-0.2, -0.15) is 0 Å². The monoisotopic (exact) mass is 253 g/mol. The molecule has 4 nitrogen and oxygen atoms in total. The number of methoxy groups -OCH3 is 2. The maximum Gasteiger partial charge on any atom is 0.161 e. The third-order valence-electron chi connectivity index (χ3n) is 2.94. The molecular formula is C14H23NO3. The number of nitrogens with one attached hydrogen (secondary N) is 1. The second-order valence-electron chi connectivity index (χ2n) is 4.86. The summed E-state index contributed by atoms with van der Waals surface area (Å²) in [6.45, 7) is 6.08. The van der Waals surface area contributed by atoms with Crippen LogP contribution in [0.5, 0.6) is 11.5 Å². The third kappa shape index (κ3) is 3.15. The molecule has 0 bridgehead atoms. The zero-order chi connectivity index (χ0) is 13.8. The van der Waals surface area contributed by atoms with Gasteiger partial charge in [-0.25, -0.2) is 0 Å². The minimum absolute atomic E-state index is 0.0145. The SMILES string of the molecule is COc1ccc(C(C)(CO)NC(C)C)cc1OC. The maximum absolute atomic E-state index is 9.64. The van der Waals surface area contributed by atoms with Gasteiger partial charge in [0.2, 0.25) is 0 Å². The predicted molar refractivity (Wildman–Crippen MR) is 72.3 cm³/mol. The van der Waals surface area contributed by atoms with E-state index in [1.54, 1.807) is 14.2 Å². The van der Waals surface area contributed by atoms with Gasteiger partial charge in [0.15, 0.2) is 11.5 Å². The van der Waals surface area contributed by atoms with Crippen LogP contribution in [0.25, 0.3) is 0 Å². The summed E-state index contributed by atoms with van der Waals surface area (Å²) in [5, 5.41) is 13.0. The Morgan fingerprint density at radius 3 is 2.28 bits per heavy atom. The minimum atomic E-state index is -0.492. The first-order valence-electron chi connectivity index (χ1n) is 6.08. The molecule has 18 heavy (non-hydrogen) atoms. The Morgan fingerprint density at radius 2 is 1.83 bits per heavy atom. The highest BCUT2D eigenvalue weighted by Gasteiger charge is 2.27. The van der Waals surface area contributed by atoms with Gasteiger partial charge >= 0.3 is 0 Å². The number of aliphatic hydroxyl groups is 1. The molecule has 0 aromatic heterocycles. The molecule has 102 valence electrons. The third-order valence-corrected chi connectivity index (χ3v) is 2.94. The van der Waals surface area contributed by atoms with Crippen molar-refractivity contribution in [3.05, 3.63) is 23.8 Å². The van der Waals surface area contributed by atoms with Gasteiger partial charge in [0.1, 0.15) is 0 Å². The summed E-state index contributed by atoms with van der Waals surface area (Å²) in [5.41, 5.74) is 0.476. The molecule has 1 aromatic rings. The van der Waals surface area contributed by atoms with Crippen LogP contribution in [0.15, 0.2) is 18.2 Å². The van der Waals surface area contributed by atoms with Crippen molar-refractivity contribution in [2.45, 2.75) is 32.4 Å². The van der Waals surface area contributed by atoms with Crippen LogP contribution in [0.3, 0.4) is 0 Å². The number of hydrogen-bond donors (Lipinski definition) is 2. The van der Waals surface area contributed by atoms with Crippen LogP contribution < -0.4 is 14.8 Å². The van der Waals surface area contributed by atoms with Crippen LogP contribution in [-0.4, -0.2) is 32.0 Å². The quantitative estimate of drug-likeness (QED) is 0.813. The van der Waals surface area contributed by atoms with E-state index in [0.717, 1.165) is 5.56 Å². The Balaban J connectivity index is 3.14. The predicted octanol–water partition coefficient (Wildman–Crippen LogP) is 1.91. The molecule has 0 aliphatic rings. The van der Waals surface area contributed by atoms with Gasteiger partial charge < -0.3 is 19.9 Å². The molecule has 0 amide bonds. The zero-order valence-corrected chi connectivity index (χ0v) is 11.8. The van der Waals surface area contributed by atoms with Crippen LogP contribution >= 0.6 is 0 Å². The smallest absolute Gasteiger partial charge is 0.161 e. The van der Waals surface area contributed by atoms with E-state index in [-0.39, 0.29) is 12.6 Å². The fraction of sp³-hybridized carbons (Fsp3) is 0.571. The summed E-state index contributed by atoms with van der Waals surface area (Å²) in [4.78, 5) is 0. The number of rotatable bonds is 6. The lowest BCUT2D eigenvalue weighted by atomic mass is 9.91. The fourth-order valence-electron chi connectivity index (χ4n) is 2.04. The van der Waals surface area contributed by atoms with Gasteiger partial charge in [-0.15, -0.1) is 0 Å². The molecule has 0 spiro atoms. The van der Waals surface area contributed by atoms with Crippen molar-refractivity contribution in [3.63, 3.8) is 0 Å². The average molecular weight is 253 g/mol. The van der Waals surface area contributed by atoms with Gasteiger partial charge in [-0.3, -0.25) is 0 Å². The first kappa shape index (κ1) is 14.8. The van der Waals surface area contributed by atoms with Crippen molar-refractivity contribution < 1.29 is 14.6 Å². The van der Waals surface area contributed by atoms with Crippen molar-refractivity contribution in [1.82, 2.24) is 5.32 Å². The van der Waals surface area contributed by atoms with E-state index in [1.165, 1.54) is 0 Å². The molecule has 1 aromatic carbocycles. The van der Waals surface area contributed by atoms with Gasteiger partial charge in [0, 0.05) is 6.04 Å². The lowest BCUT2D eigenvalue weighted by molar-refractivity contribution is 0.165. The van der Waals surface area contributed by atoms with E-state index in [4.69, 9.17) is 9.47 Å². The fourth-order valence-corrected chi connectivity index (χ4v) is 2.04. The molecule has 0 aliphatic heterocycles. The first-order valence-corrected chi connectivity index (χ1v) is 6.08. The van der Waals surface area contributed by atoms with Crippen molar-refractivity contribution in [1.29, 1.82) is 0 Å². The van der Waals surface area contributed by atoms with Gasteiger partial charge in [0.05, 0.1) is 26.4 Å². The molecule has 0 saturated carbocycles. The van der Waals surface area contributed by atoms with Crippen LogP contribution in [0.1, 0.15) is 26.3 Å². The topological polar surface area (TPSA) is 50.7 Å². The summed E-state index contributed by atoms with van der Waals surface area (Å²) in [5.74, 6) is 1.35. The summed E-state index contributed by atoms with van der Waals surface area (Å²) < 4.78 is 10.5. The Kier molecular flexibility index (Phi) is 4.99. The molecule has 1 rings (SSSR count). The zero-order valence-electron chi connectivity index (χ0n) is 11.8. The molecule has 0 saturated heterocycles.